The first-order valence-electron chi connectivity index (χ1n) is 10.1. The van der Waals surface area contributed by atoms with Crippen molar-refractivity contribution in [1.82, 2.24) is 0 Å². The van der Waals surface area contributed by atoms with Gasteiger partial charge in [-0.25, -0.2) is 0 Å². The molecule has 0 bridgehead atoms. The lowest BCUT2D eigenvalue weighted by molar-refractivity contribution is 0.427. The van der Waals surface area contributed by atoms with Crippen LogP contribution in [0.2, 0.25) is 0 Å². The Balaban J connectivity index is 1.52. The van der Waals surface area contributed by atoms with E-state index in [2.05, 4.69) is 94.8 Å². The van der Waals surface area contributed by atoms with E-state index in [9.17, 15) is 0 Å². The molecule has 2 aliphatic rings. The minimum Gasteiger partial charge on any atom is -0.460 e. The Morgan fingerprint density at radius 2 is 1.62 bits per heavy atom. The van der Waals surface area contributed by atoms with E-state index in [1.54, 1.807) is 0 Å². The van der Waals surface area contributed by atoms with Gasteiger partial charge in [0, 0.05) is 11.5 Å². The largest absolute Gasteiger partial charge is 0.460 e. The number of allylic oxidation sites excluding steroid dienone is 1. The Morgan fingerprint density at radius 1 is 0.793 bits per heavy atom. The van der Waals surface area contributed by atoms with Crippen LogP contribution in [0.25, 0.3) is 26.4 Å². The Hall–Kier alpha value is -2.84. The van der Waals surface area contributed by atoms with Crippen LogP contribution in [0.3, 0.4) is 0 Å². The van der Waals surface area contributed by atoms with Crippen molar-refractivity contribution >= 4 is 31.2 Å². The molecule has 1 nitrogen and oxygen atoms in total. The van der Waals surface area contributed by atoms with Crippen molar-refractivity contribution in [2.24, 2.45) is 0 Å². The van der Waals surface area contributed by atoms with Gasteiger partial charge in [-0.2, -0.15) is 0 Å². The number of fused-ring (bicyclic) bond motifs is 5. The Kier molecular flexibility index (Phi) is 3.88. The van der Waals surface area contributed by atoms with E-state index in [0.717, 1.165) is 28.8 Å². The lowest BCUT2D eigenvalue weighted by atomic mass is 9.93. The summed E-state index contributed by atoms with van der Waals surface area (Å²) < 4.78 is 7.40. The molecule has 0 fully saturated rings. The number of hydrogen-bond acceptors (Lipinski definition) is 1. The lowest BCUT2D eigenvalue weighted by Gasteiger charge is -2.12. The summed E-state index contributed by atoms with van der Waals surface area (Å²) in [6.45, 7) is 0. The summed E-state index contributed by atoms with van der Waals surface area (Å²) in [5.74, 6) is 2.38. The molecule has 0 saturated carbocycles. The predicted octanol–water partition coefficient (Wildman–Crippen LogP) is 7.69. The standard InChI is InChI=1S/C27H19BrO/c28-26-24-16-19(21-10-5-7-17-6-1-2-8-20(17)21)13-12-18(24)14-15-23-22-9-3-4-11-25(22)29-27(23)26/h1-13,16,23H,14-15H2. The van der Waals surface area contributed by atoms with Gasteiger partial charge in [-0.3, -0.25) is 0 Å². The average Bonchev–Trinajstić information content (AvgIpc) is 3.09. The minimum absolute atomic E-state index is 0.328. The van der Waals surface area contributed by atoms with E-state index in [1.807, 2.05) is 6.07 Å². The van der Waals surface area contributed by atoms with Gasteiger partial charge in [-0.1, -0.05) is 72.8 Å². The molecule has 29 heavy (non-hydrogen) atoms. The van der Waals surface area contributed by atoms with Gasteiger partial charge in [0.2, 0.25) is 0 Å². The first kappa shape index (κ1) is 17.1. The van der Waals surface area contributed by atoms with Crippen molar-refractivity contribution in [2.75, 3.05) is 0 Å². The average molecular weight is 439 g/mol. The van der Waals surface area contributed by atoms with Crippen molar-refractivity contribution in [2.45, 2.75) is 18.8 Å². The monoisotopic (exact) mass is 438 g/mol. The van der Waals surface area contributed by atoms with Gasteiger partial charge >= 0.3 is 0 Å². The van der Waals surface area contributed by atoms with Crippen LogP contribution >= 0.6 is 15.9 Å². The molecule has 0 amide bonds. The van der Waals surface area contributed by atoms with Crippen LogP contribution in [0.15, 0.2) is 90.7 Å². The normalized spacial score (nSPS) is 17.3. The Bertz CT molecular complexity index is 1300. The molecule has 1 heterocycles. The van der Waals surface area contributed by atoms with E-state index in [1.165, 1.54) is 38.6 Å². The van der Waals surface area contributed by atoms with Crippen LogP contribution < -0.4 is 4.74 Å². The third-order valence-corrected chi connectivity index (χ3v) is 7.01. The highest BCUT2D eigenvalue weighted by Crippen LogP contribution is 2.50. The fourth-order valence-corrected chi connectivity index (χ4v) is 5.48. The van der Waals surface area contributed by atoms with Crippen molar-refractivity contribution < 1.29 is 4.74 Å². The van der Waals surface area contributed by atoms with Crippen molar-refractivity contribution in [1.29, 1.82) is 0 Å². The fraction of sp³-hybridized carbons (Fsp3) is 0.111. The second kappa shape index (κ2) is 6.60. The maximum atomic E-state index is 6.31. The summed E-state index contributed by atoms with van der Waals surface area (Å²) in [7, 11) is 0. The van der Waals surface area contributed by atoms with Crippen molar-refractivity contribution in [3.63, 3.8) is 0 Å². The molecule has 4 aromatic carbocycles. The zero-order chi connectivity index (χ0) is 19.4. The van der Waals surface area contributed by atoms with Crippen molar-refractivity contribution in [3.05, 3.63) is 107 Å². The fourth-order valence-electron chi connectivity index (χ4n) is 4.75. The highest BCUT2D eigenvalue weighted by Gasteiger charge is 2.34. The van der Waals surface area contributed by atoms with Gasteiger partial charge in [-0.15, -0.1) is 0 Å². The zero-order valence-electron chi connectivity index (χ0n) is 15.9. The molecule has 6 rings (SSSR count). The van der Waals surface area contributed by atoms with Gasteiger partial charge in [-0.05, 0) is 73.9 Å². The topological polar surface area (TPSA) is 9.23 Å². The second-order valence-corrected chi connectivity index (χ2v) is 8.60. The van der Waals surface area contributed by atoms with Crippen molar-refractivity contribution in [3.8, 4) is 16.9 Å². The highest BCUT2D eigenvalue weighted by molar-refractivity contribution is 9.15. The van der Waals surface area contributed by atoms with E-state index < -0.39 is 0 Å². The summed E-state index contributed by atoms with van der Waals surface area (Å²) in [5.41, 5.74) is 6.45. The molecule has 0 N–H and O–H groups in total. The van der Waals surface area contributed by atoms with Crippen LogP contribution in [0, 0.1) is 0 Å². The van der Waals surface area contributed by atoms with Crippen LogP contribution in [0.4, 0.5) is 0 Å². The van der Waals surface area contributed by atoms with Gasteiger partial charge in [0.1, 0.15) is 11.5 Å². The summed E-state index contributed by atoms with van der Waals surface area (Å²) in [5, 5.41) is 2.56. The number of halogens is 1. The molecule has 0 spiro atoms. The maximum absolute atomic E-state index is 6.31. The molecule has 2 heteroatoms. The number of benzene rings is 4. The number of hydrogen-bond donors (Lipinski definition) is 0. The minimum atomic E-state index is 0.328. The SMILES string of the molecule is BrC1=C2Oc3ccccc3C2CCc2ccc(-c3cccc4ccccc34)cc21. The van der Waals surface area contributed by atoms with Gasteiger partial charge < -0.3 is 4.74 Å². The molecule has 1 atom stereocenters. The molecule has 1 aliphatic carbocycles. The second-order valence-electron chi connectivity index (χ2n) is 7.81. The molecule has 140 valence electrons. The first-order valence-corrected chi connectivity index (χ1v) is 10.9. The predicted molar refractivity (Wildman–Crippen MR) is 123 cm³/mol. The molecule has 0 saturated heterocycles. The number of para-hydroxylation sites is 1. The quantitative estimate of drug-likeness (QED) is 0.295. The summed E-state index contributed by atoms with van der Waals surface area (Å²) >= 11 is 3.91. The lowest BCUT2D eigenvalue weighted by Crippen LogP contribution is -1.98. The molecular formula is C27H19BrO. The van der Waals surface area contributed by atoms with Gasteiger partial charge in [0.05, 0.1) is 4.48 Å². The van der Waals surface area contributed by atoms with E-state index in [-0.39, 0.29) is 0 Å². The first-order chi connectivity index (χ1) is 14.3. The van der Waals surface area contributed by atoms with Crippen LogP contribution in [0.5, 0.6) is 5.75 Å². The van der Waals surface area contributed by atoms with Crippen LogP contribution in [0.1, 0.15) is 29.0 Å². The zero-order valence-corrected chi connectivity index (χ0v) is 17.4. The molecule has 1 unspecified atom stereocenters. The Labute approximate surface area is 178 Å². The van der Waals surface area contributed by atoms with Crippen LogP contribution in [-0.2, 0) is 6.42 Å². The number of rotatable bonds is 1. The molecule has 0 aromatic heterocycles. The summed E-state index contributed by atoms with van der Waals surface area (Å²) in [4.78, 5) is 0. The smallest absolute Gasteiger partial charge is 0.130 e. The molecular weight excluding hydrogens is 420 g/mol. The summed E-state index contributed by atoms with van der Waals surface area (Å²) in [6, 6.07) is 30.4. The summed E-state index contributed by atoms with van der Waals surface area (Å²) in [6.07, 6.45) is 2.12. The highest BCUT2D eigenvalue weighted by atomic mass is 79.9. The third-order valence-electron chi connectivity index (χ3n) is 6.20. The van der Waals surface area contributed by atoms with E-state index >= 15 is 0 Å². The van der Waals surface area contributed by atoms with E-state index in [0.29, 0.717) is 5.92 Å². The van der Waals surface area contributed by atoms with Crippen LogP contribution in [-0.4, -0.2) is 0 Å². The number of aryl methyl sites for hydroxylation is 1. The van der Waals surface area contributed by atoms with Gasteiger partial charge in [0.15, 0.2) is 0 Å². The van der Waals surface area contributed by atoms with E-state index in [4.69, 9.17) is 4.74 Å². The maximum Gasteiger partial charge on any atom is 0.130 e. The third kappa shape index (κ3) is 2.67. The molecule has 4 aromatic rings. The molecule has 0 radical (unpaired) electrons. The number of ether oxygens (including phenoxy) is 1. The molecule has 1 aliphatic heterocycles. The Morgan fingerprint density at radius 3 is 2.59 bits per heavy atom. The van der Waals surface area contributed by atoms with Gasteiger partial charge in [0.25, 0.3) is 0 Å².